The van der Waals surface area contributed by atoms with Gasteiger partial charge < -0.3 is 9.30 Å². The molecular formula is C27H25ClFNO2S. The van der Waals surface area contributed by atoms with Gasteiger partial charge in [-0.15, -0.1) is 11.8 Å². The predicted molar refractivity (Wildman–Crippen MR) is 134 cm³/mol. The first kappa shape index (κ1) is 23.4. The summed E-state index contributed by atoms with van der Waals surface area (Å²) in [6, 6.07) is 19.2. The van der Waals surface area contributed by atoms with Crippen LogP contribution in [0.5, 0.6) is 5.75 Å². The average Bonchev–Trinajstić information content (AvgIpc) is 3.09. The Kier molecular flexibility index (Phi) is 6.82. The molecule has 0 aliphatic carbocycles. The molecule has 170 valence electrons. The van der Waals surface area contributed by atoms with Crippen LogP contribution in [0.25, 0.3) is 10.9 Å². The van der Waals surface area contributed by atoms with Crippen LogP contribution in [0.2, 0.25) is 5.02 Å². The van der Waals surface area contributed by atoms with Crippen molar-refractivity contribution >= 4 is 40.0 Å². The van der Waals surface area contributed by atoms with E-state index in [1.54, 1.807) is 11.8 Å². The zero-order valence-electron chi connectivity index (χ0n) is 18.8. The maximum Gasteiger partial charge on any atom is 0.200 e. The zero-order chi connectivity index (χ0) is 23.6. The average molecular weight is 482 g/mol. The first-order chi connectivity index (χ1) is 15.7. The van der Waals surface area contributed by atoms with Crippen LogP contribution in [-0.2, 0) is 6.54 Å². The molecule has 0 radical (unpaired) electrons. The van der Waals surface area contributed by atoms with Crippen molar-refractivity contribution < 1.29 is 13.9 Å². The summed E-state index contributed by atoms with van der Waals surface area (Å²) in [5.74, 6) is 0.0579. The molecule has 0 aliphatic rings. The fourth-order valence-corrected chi connectivity index (χ4v) is 4.77. The third kappa shape index (κ3) is 5.98. The van der Waals surface area contributed by atoms with E-state index < -0.39 is 0 Å². The lowest BCUT2D eigenvalue weighted by Crippen LogP contribution is -2.11. The number of thioether (sulfide) groups is 1. The second kappa shape index (κ2) is 9.62. The summed E-state index contributed by atoms with van der Waals surface area (Å²) >= 11 is 7.83. The van der Waals surface area contributed by atoms with Crippen molar-refractivity contribution in [1.29, 1.82) is 0 Å². The highest BCUT2D eigenvalue weighted by molar-refractivity contribution is 8.00. The van der Waals surface area contributed by atoms with Crippen LogP contribution in [0.4, 0.5) is 4.39 Å². The number of aromatic nitrogens is 1. The summed E-state index contributed by atoms with van der Waals surface area (Å²) < 4.78 is 21.2. The number of hydrogen-bond donors (Lipinski definition) is 0. The van der Waals surface area contributed by atoms with Gasteiger partial charge in [-0.2, -0.15) is 0 Å². The lowest BCUT2D eigenvalue weighted by Gasteiger charge is -2.16. The van der Waals surface area contributed by atoms with Crippen LogP contribution >= 0.6 is 23.4 Å². The van der Waals surface area contributed by atoms with Crippen LogP contribution in [-0.4, -0.2) is 21.7 Å². The third-order valence-electron chi connectivity index (χ3n) is 5.03. The Hall–Kier alpha value is -2.76. The van der Waals surface area contributed by atoms with E-state index in [2.05, 4.69) is 31.5 Å². The molecule has 3 nitrogen and oxygen atoms in total. The van der Waals surface area contributed by atoms with E-state index in [4.69, 9.17) is 16.3 Å². The quantitative estimate of drug-likeness (QED) is 0.201. The molecule has 0 fully saturated rings. The fraction of sp³-hybridized carbons (Fsp3) is 0.222. The topological polar surface area (TPSA) is 31.2 Å². The number of carbonyl (C=O) groups excluding carboxylic acids is 1. The lowest BCUT2D eigenvalue weighted by atomic mass is 10.1. The maximum atomic E-state index is 13.1. The molecule has 0 saturated heterocycles. The second-order valence-corrected chi connectivity index (χ2v) is 11.2. The Morgan fingerprint density at radius 1 is 1.03 bits per heavy atom. The summed E-state index contributed by atoms with van der Waals surface area (Å²) in [6.45, 7) is 7.16. The first-order valence-corrected chi connectivity index (χ1v) is 11.9. The fourth-order valence-electron chi connectivity index (χ4n) is 3.53. The maximum absolute atomic E-state index is 13.1. The number of Topliss-reactive ketones (excluding diaryl/α,β-unsaturated/α-hetero) is 1. The molecule has 1 heterocycles. The van der Waals surface area contributed by atoms with Gasteiger partial charge in [0.1, 0.15) is 11.6 Å². The van der Waals surface area contributed by atoms with Crippen molar-refractivity contribution in [1.82, 2.24) is 4.57 Å². The van der Waals surface area contributed by atoms with Gasteiger partial charge in [0.05, 0.1) is 0 Å². The van der Waals surface area contributed by atoms with Crippen LogP contribution in [0, 0.1) is 5.82 Å². The molecule has 0 bridgehead atoms. The molecule has 0 atom stereocenters. The minimum absolute atomic E-state index is 0.0365. The number of nitrogens with zero attached hydrogens (tertiary/aromatic N) is 1. The van der Waals surface area contributed by atoms with E-state index in [-0.39, 0.29) is 23.0 Å². The third-order valence-corrected chi connectivity index (χ3v) is 6.44. The molecule has 0 aliphatic heterocycles. The van der Waals surface area contributed by atoms with Gasteiger partial charge in [-0.1, -0.05) is 44.5 Å². The minimum Gasteiger partial charge on any atom is -0.485 e. The summed E-state index contributed by atoms with van der Waals surface area (Å²) in [7, 11) is 0. The normalized spacial score (nSPS) is 11.7. The van der Waals surface area contributed by atoms with Gasteiger partial charge in [0, 0.05) is 43.9 Å². The molecule has 6 heteroatoms. The number of benzene rings is 3. The summed E-state index contributed by atoms with van der Waals surface area (Å²) in [5, 5.41) is 1.80. The number of rotatable bonds is 7. The van der Waals surface area contributed by atoms with Gasteiger partial charge in [-0.3, -0.25) is 4.79 Å². The van der Waals surface area contributed by atoms with E-state index in [0.717, 1.165) is 32.9 Å². The van der Waals surface area contributed by atoms with Crippen LogP contribution in [0.3, 0.4) is 0 Å². The smallest absolute Gasteiger partial charge is 0.200 e. The van der Waals surface area contributed by atoms with E-state index in [1.807, 2.05) is 42.5 Å². The number of hydrogen-bond acceptors (Lipinski definition) is 3. The summed E-state index contributed by atoms with van der Waals surface area (Å²) in [4.78, 5) is 13.6. The minimum atomic E-state index is -0.370. The first-order valence-electron chi connectivity index (χ1n) is 10.7. The van der Waals surface area contributed by atoms with Gasteiger partial charge in [0.15, 0.2) is 12.4 Å². The number of carbonyl (C=O) groups is 1. The van der Waals surface area contributed by atoms with Crippen molar-refractivity contribution in [3.8, 4) is 5.75 Å². The molecule has 1 aromatic heterocycles. The van der Waals surface area contributed by atoms with Gasteiger partial charge in [0.25, 0.3) is 0 Å². The van der Waals surface area contributed by atoms with Crippen LogP contribution in [0.1, 0.15) is 36.7 Å². The van der Waals surface area contributed by atoms with Crippen molar-refractivity contribution in [2.45, 2.75) is 37.0 Å². The van der Waals surface area contributed by atoms with E-state index in [0.29, 0.717) is 11.3 Å². The summed E-state index contributed by atoms with van der Waals surface area (Å²) in [5.41, 5.74) is 2.68. The monoisotopic (exact) mass is 481 g/mol. The number of ether oxygens (including phenoxy) is 1. The van der Waals surface area contributed by atoms with E-state index >= 15 is 0 Å². The molecule has 33 heavy (non-hydrogen) atoms. The van der Waals surface area contributed by atoms with Crippen molar-refractivity contribution in [3.05, 3.63) is 94.9 Å². The van der Waals surface area contributed by atoms with Gasteiger partial charge in [-0.05, 0) is 60.2 Å². The zero-order valence-corrected chi connectivity index (χ0v) is 20.3. The van der Waals surface area contributed by atoms with Gasteiger partial charge in [0.2, 0.25) is 0 Å². The highest BCUT2D eigenvalue weighted by Crippen LogP contribution is 2.39. The highest BCUT2D eigenvalue weighted by Gasteiger charge is 2.18. The van der Waals surface area contributed by atoms with E-state index in [1.165, 1.54) is 24.3 Å². The molecule has 3 aromatic carbocycles. The Balaban J connectivity index is 1.60. The molecule has 0 unspecified atom stereocenters. The highest BCUT2D eigenvalue weighted by atomic mass is 35.5. The Bertz CT molecular complexity index is 1270. The molecular weight excluding hydrogens is 457 g/mol. The van der Waals surface area contributed by atoms with Crippen molar-refractivity contribution in [3.63, 3.8) is 0 Å². The molecule has 4 rings (SSSR count). The van der Waals surface area contributed by atoms with Crippen LogP contribution < -0.4 is 4.74 Å². The van der Waals surface area contributed by atoms with Gasteiger partial charge in [-0.25, -0.2) is 4.39 Å². The van der Waals surface area contributed by atoms with Crippen molar-refractivity contribution in [2.75, 3.05) is 6.61 Å². The number of halogens is 2. The Morgan fingerprint density at radius 2 is 1.73 bits per heavy atom. The Morgan fingerprint density at radius 3 is 2.39 bits per heavy atom. The van der Waals surface area contributed by atoms with E-state index in [9.17, 15) is 9.18 Å². The Labute approximate surface area is 202 Å². The number of fused-ring (bicyclic) bond motifs is 1. The van der Waals surface area contributed by atoms with Gasteiger partial charge >= 0.3 is 0 Å². The van der Waals surface area contributed by atoms with Crippen LogP contribution in [0.15, 0.2) is 77.8 Å². The molecule has 0 spiro atoms. The summed E-state index contributed by atoms with van der Waals surface area (Å²) in [6.07, 6.45) is 2.17. The second-order valence-electron chi connectivity index (χ2n) is 8.86. The molecule has 0 saturated carbocycles. The molecule has 4 aromatic rings. The van der Waals surface area contributed by atoms with Crippen molar-refractivity contribution in [2.24, 2.45) is 0 Å². The standard InChI is InChI=1S/C27H25ClFNO2S/c1-27(2,3)33-26-16-30(15-18-4-8-20(28)9-5-18)24-13-12-22(14-23(24)26)32-17-25(31)19-6-10-21(29)11-7-19/h4-14,16H,15,17H2,1-3H3. The SMILES string of the molecule is CC(C)(C)Sc1cn(Cc2ccc(Cl)cc2)c2ccc(OCC(=O)c3ccc(F)cc3)cc12. The number of ketones is 1. The molecule has 0 amide bonds. The largest absolute Gasteiger partial charge is 0.485 e. The predicted octanol–water partition coefficient (Wildman–Crippen LogP) is 7.63. The molecule has 0 N–H and O–H groups in total. The lowest BCUT2D eigenvalue weighted by molar-refractivity contribution is 0.0921.